The SMILES string of the molecule is c1ccc(CO[C@@H]2O[C@@H]3CO[C@H](c4ccccc4)O[C@H]3[C@H](OCc3ccccc3)[C@H]2OCc2ccccc2)cc1. The summed E-state index contributed by atoms with van der Waals surface area (Å²) in [7, 11) is 0. The maximum atomic E-state index is 6.64. The van der Waals surface area contributed by atoms with Crippen LogP contribution < -0.4 is 0 Å². The molecule has 2 saturated heterocycles. The van der Waals surface area contributed by atoms with E-state index >= 15 is 0 Å². The van der Waals surface area contributed by atoms with E-state index in [0.717, 1.165) is 22.3 Å². The Morgan fingerprint density at radius 3 is 1.55 bits per heavy atom. The van der Waals surface area contributed by atoms with E-state index in [0.29, 0.717) is 26.4 Å². The molecule has 0 amide bonds. The number of fused-ring (bicyclic) bond motifs is 1. The molecule has 4 aromatic rings. The molecule has 6 nitrogen and oxygen atoms in total. The zero-order valence-electron chi connectivity index (χ0n) is 22.3. The van der Waals surface area contributed by atoms with Gasteiger partial charge in [0, 0.05) is 5.56 Å². The van der Waals surface area contributed by atoms with Crippen LogP contribution in [0.25, 0.3) is 0 Å². The normalized spacial score (nSPS) is 26.2. The fourth-order valence-corrected chi connectivity index (χ4v) is 5.11. The molecule has 2 fully saturated rings. The average molecular weight is 539 g/mol. The number of ether oxygens (including phenoxy) is 6. The van der Waals surface area contributed by atoms with E-state index < -0.39 is 30.9 Å². The van der Waals surface area contributed by atoms with Crippen LogP contribution in [0.4, 0.5) is 0 Å². The Labute approximate surface area is 235 Å². The van der Waals surface area contributed by atoms with E-state index in [1.165, 1.54) is 0 Å². The van der Waals surface area contributed by atoms with Crippen molar-refractivity contribution < 1.29 is 28.4 Å². The topological polar surface area (TPSA) is 55.4 Å². The zero-order valence-corrected chi connectivity index (χ0v) is 22.3. The summed E-state index contributed by atoms with van der Waals surface area (Å²) in [5.74, 6) is 0. The van der Waals surface area contributed by atoms with Crippen molar-refractivity contribution in [2.45, 2.75) is 56.8 Å². The van der Waals surface area contributed by atoms with Crippen molar-refractivity contribution in [3.05, 3.63) is 144 Å². The molecule has 6 atom stereocenters. The summed E-state index contributed by atoms with van der Waals surface area (Å²) in [5, 5.41) is 0. The van der Waals surface area contributed by atoms with E-state index in [9.17, 15) is 0 Å². The van der Waals surface area contributed by atoms with Crippen LogP contribution in [-0.4, -0.2) is 37.3 Å². The quantitative estimate of drug-likeness (QED) is 0.239. The minimum atomic E-state index is -0.675. The number of hydrogen-bond acceptors (Lipinski definition) is 6. The van der Waals surface area contributed by atoms with Crippen molar-refractivity contribution in [1.82, 2.24) is 0 Å². The molecule has 0 spiro atoms. The van der Waals surface area contributed by atoms with Gasteiger partial charge >= 0.3 is 0 Å². The van der Waals surface area contributed by atoms with Gasteiger partial charge in [0.2, 0.25) is 0 Å². The molecule has 0 radical (unpaired) electrons. The highest BCUT2D eigenvalue weighted by Crippen LogP contribution is 2.37. The lowest BCUT2D eigenvalue weighted by molar-refractivity contribution is -0.374. The summed E-state index contributed by atoms with van der Waals surface area (Å²) in [6.45, 7) is 1.53. The molecule has 0 bridgehead atoms. The average Bonchev–Trinajstić information content (AvgIpc) is 3.03. The molecule has 0 unspecified atom stereocenters. The molecule has 6 rings (SSSR count). The standard InChI is InChI=1S/C34H34O6/c1-5-13-25(14-6-1)21-35-31-30-29(24-38-33(40-30)28-19-11-4-12-20-28)39-34(37-23-27-17-9-3-10-18-27)32(31)36-22-26-15-7-2-8-16-26/h1-20,29-34H,21-24H2/t29-,30-,31+,32-,33+,34-/m1/s1. The molecule has 206 valence electrons. The third kappa shape index (κ3) is 6.67. The van der Waals surface area contributed by atoms with Gasteiger partial charge in [-0.2, -0.15) is 0 Å². The molecule has 0 aliphatic carbocycles. The minimum Gasteiger partial charge on any atom is -0.368 e. The van der Waals surface area contributed by atoms with Crippen LogP contribution in [0.15, 0.2) is 121 Å². The van der Waals surface area contributed by atoms with Crippen LogP contribution in [0.5, 0.6) is 0 Å². The van der Waals surface area contributed by atoms with Gasteiger partial charge in [-0.3, -0.25) is 0 Å². The first-order valence-corrected chi connectivity index (χ1v) is 13.8. The lowest BCUT2D eigenvalue weighted by atomic mass is 9.97. The number of benzene rings is 4. The second kappa shape index (κ2) is 13.3. The van der Waals surface area contributed by atoms with E-state index in [1.807, 2.05) is 109 Å². The Hall–Kier alpha value is -3.36. The van der Waals surface area contributed by atoms with Crippen LogP contribution in [0.1, 0.15) is 28.5 Å². The lowest BCUT2D eigenvalue weighted by Gasteiger charge is -2.49. The monoisotopic (exact) mass is 538 g/mol. The first-order valence-electron chi connectivity index (χ1n) is 13.8. The second-order valence-corrected chi connectivity index (χ2v) is 10.0. The fourth-order valence-electron chi connectivity index (χ4n) is 5.11. The van der Waals surface area contributed by atoms with Crippen LogP contribution in [-0.2, 0) is 48.2 Å². The van der Waals surface area contributed by atoms with Crippen molar-refractivity contribution in [1.29, 1.82) is 0 Å². The second-order valence-electron chi connectivity index (χ2n) is 10.0. The molecular weight excluding hydrogens is 504 g/mol. The molecule has 2 heterocycles. The molecule has 4 aromatic carbocycles. The van der Waals surface area contributed by atoms with Crippen molar-refractivity contribution >= 4 is 0 Å². The first-order chi connectivity index (χ1) is 19.8. The molecule has 0 aromatic heterocycles. The van der Waals surface area contributed by atoms with Crippen LogP contribution >= 0.6 is 0 Å². The van der Waals surface area contributed by atoms with Crippen LogP contribution in [0.2, 0.25) is 0 Å². The summed E-state index contributed by atoms with van der Waals surface area (Å²) in [5.41, 5.74) is 4.13. The van der Waals surface area contributed by atoms with E-state index in [2.05, 4.69) is 12.1 Å². The predicted octanol–water partition coefficient (Wildman–Crippen LogP) is 6.21. The summed E-state index contributed by atoms with van der Waals surface area (Å²) >= 11 is 0. The van der Waals surface area contributed by atoms with Gasteiger partial charge in [0.15, 0.2) is 12.6 Å². The maximum absolute atomic E-state index is 6.64. The Kier molecular flexibility index (Phi) is 8.95. The van der Waals surface area contributed by atoms with Crippen molar-refractivity contribution in [3.8, 4) is 0 Å². The van der Waals surface area contributed by atoms with Gasteiger partial charge in [0.1, 0.15) is 24.4 Å². The van der Waals surface area contributed by atoms with Crippen molar-refractivity contribution in [2.75, 3.05) is 6.61 Å². The maximum Gasteiger partial charge on any atom is 0.187 e. The Balaban J connectivity index is 1.27. The van der Waals surface area contributed by atoms with Crippen molar-refractivity contribution in [3.63, 3.8) is 0 Å². The highest BCUT2D eigenvalue weighted by molar-refractivity contribution is 5.18. The number of hydrogen-bond donors (Lipinski definition) is 0. The molecule has 6 heteroatoms. The fraction of sp³-hybridized carbons (Fsp3) is 0.294. The molecule has 0 saturated carbocycles. The Morgan fingerprint density at radius 2 is 1.00 bits per heavy atom. The number of rotatable bonds is 10. The van der Waals surface area contributed by atoms with E-state index in [-0.39, 0.29) is 6.10 Å². The molecule has 0 N–H and O–H groups in total. The van der Waals surface area contributed by atoms with Gasteiger partial charge in [0.05, 0.1) is 26.4 Å². The predicted molar refractivity (Wildman–Crippen MR) is 150 cm³/mol. The summed E-state index contributed by atoms with van der Waals surface area (Å²) in [6.07, 6.45) is -2.99. The molecule has 2 aliphatic rings. The summed E-state index contributed by atoms with van der Waals surface area (Å²) in [4.78, 5) is 0. The van der Waals surface area contributed by atoms with Gasteiger partial charge in [-0.05, 0) is 16.7 Å². The van der Waals surface area contributed by atoms with Crippen molar-refractivity contribution in [2.24, 2.45) is 0 Å². The third-order valence-corrected chi connectivity index (χ3v) is 7.18. The summed E-state index contributed by atoms with van der Waals surface area (Å²) in [6, 6.07) is 40.2. The van der Waals surface area contributed by atoms with E-state index in [1.54, 1.807) is 0 Å². The van der Waals surface area contributed by atoms with Crippen LogP contribution in [0.3, 0.4) is 0 Å². The van der Waals surface area contributed by atoms with Gasteiger partial charge in [-0.1, -0.05) is 121 Å². The lowest BCUT2D eigenvalue weighted by Crippen LogP contribution is -2.63. The van der Waals surface area contributed by atoms with Crippen LogP contribution in [0, 0.1) is 0 Å². The highest BCUT2D eigenvalue weighted by atomic mass is 16.8. The smallest absolute Gasteiger partial charge is 0.187 e. The van der Waals surface area contributed by atoms with Gasteiger partial charge in [-0.15, -0.1) is 0 Å². The molecule has 40 heavy (non-hydrogen) atoms. The minimum absolute atomic E-state index is 0.353. The molecular formula is C34H34O6. The van der Waals surface area contributed by atoms with Gasteiger partial charge in [0.25, 0.3) is 0 Å². The third-order valence-electron chi connectivity index (χ3n) is 7.18. The molecule has 2 aliphatic heterocycles. The highest BCUT2D eigenvalue weighted by Gasteiger charge is 2.51. The Morgan fingerprint density at radius 1 is 0.525 bits per heavy atom. The zero-order chi connectivity index (χ0) is 27.0. The van der Waals surface area contributed by atoms with Gasteiger partial charge < -0.3 is 28.4 Å². The van der Waals surface area contributed by atoms with Gasteiger partial charge in [-0.25, -0.2) is 0 Å². The largest absolute Gasteiger partial charge is 0.368 e. The summed E-state index contributed by atoms with van der Waals surface area (Å²) < 4.78 is 38.8. The first kappa shape index (κ1) is 26.8. The Bertz CT molecular complexity index is 1290. The van der Waals surface area contributed by atoms with E-state index in [4.69, 9.17) is 28.4 Å².